The molecule has 3 fully saturated rings. The van der Waals surface area contributed by atoms with E-state index >= 15 is 0 Å². The van der Waals surface area contributed by atoms with Crippen molar-refractivity contribution in [1.82, 2.24) is 14.7 Å². The molecule has 0 radical (unpaired) electrons. The van der Waals surface area contributed by atoms with Crippen molar-refractivity contribution in [2.24, 2.45) is 17.2 Å². The van der Waals surface area contributed by atoms with Crippen molar-refractivity contribution in [3.63, 3.8) is 0 Å². The number of hydrogen-bond donors (Lipinski definition) is 6. The number of nitrogens with two attached hydrogens (primary N) is 3. The van der Waals surface area contributed by atoms with Gasteiger partial charge in [-0.3, -0.25) is 28.8 Å². The lowest BCUT2D eigenvalue weighted by atomic mass is 9.82. The van der Waals surface area contributed by atoms with Crippen LogP contribution in [0.25, 0.3) is 0 Å². The zero-order chi connectivity index (χ0) is 89.1. The summed E-state index contributed by atoms with van der Waals surface area (Å²) in [5.74, 6) is -3.34. The van der Waals surface area contributed by atoms with Gasteiger partial charge in [0.15, 0.2) is 52.6 Å². The van der Waals surface area contributed by atoms with Crippen LogP contribution >= 0.6 is 69.6 Å². The minimum atomic E-state index is -4.59. The predicted molar refractivity (Wildman–Crippen MR) is 458 cm³/mol. The first-order valence-electron chi connectivity index (χ1n) is 37.8. The molecule has 0 aromatic heterocycles. The molecule has 0 unspecified atom stereocenters. The molecule has 6 amide bonds. The second kappa shape index (κ2) is 35.2. The lowest BCUT2D eigenvalue weighted by Crippen LogP contribution is -2.59. The third-order valence-corrected chi connectivity index (χ3v) is 29.6. The fraction of sp³-hybridized carbons (Fsp3) is 0.286. The summed E-state index contributed by atoms with van der Waals surface area (Å²) in [6.45, 7) is 0.425. The number of methoxy groups -OCH3 is 6. The van der Waals surface area contributed by atoms with Crippen LogP contribution in [0.5, 0.6) is 34.5 Å². The minimum absolute atomic E-state index is 0.0137. The van der Waals surface area contributed by atoms with Gasteiger partial charge in [-0.15, -0.1) is 0 Å². The lowest BCUT2D eigenvalue weighted by Gasteiger charge is -2.38. The lowest BCUT2D eigenvalue weighted by molar-refractivity contribution is -0.142. The zero-order valence-electron chi connectivity index (χ0n) is 66.2. The van der Waals surface area contributed by atoms with Crippen LogP contribution in [0.3, 0.4) is 0 Å². The number of primary amides is 3. The third kappa shape index (κ3) is 15.6. The Balaban J connectivity index is 0.000000159. The third-order valence-electron chi connectivity index (χ3n) is 22.6. The van der Waals surface area contributed by atoms with Crippen molar-refractivity contribution in [2.45, 2.75) is 106 Å². The molecule has 39 heteroatoms. The Hall–Kier alpha value is -10.5. The second-order valence-electron chi connectivity index (χ2n) is 29.2. The number of fused-ring (bicyclic) bond motifs is 3. The largest absolute Gasteiger partial charge is 0.493 e. The molecule has 0 bridgehead atoms. The highest BCUT2D eigenvalue weighted by atomic mass is 35.5. The predicted octanol–water partition coefficient (Wildman–Crippen LogP) is 9.90. The van der Waals surface area contributed by atoms with E-state index in [0.29, 0.717) is 55.8 Å². The summed E-state index contributed by atoms with van der Waals surface area (Å²) >= 11 is 38.8. The number of carbonyl (C=O) groups excluding carboxylic acids is 6. The van der Waals surface area contributed by atoms with Crippen LogP contribution in [-0.4, -0.2) is 189 Å². The van der Waals surface area contributed by atoms with Gasteiger partial charge in [-0.1, -0.05) is 124 Å². The Morgan fingerprint density at radius 2 is 0.569 bits per heavy atom. The topological polar surface area (TPSA) is 418 Å². The van der Waals surface area contributed by atoms with Gasteiger partial charge in [0.05, 0.1) is 74.4 Å². The number of halogens is 6. The number of benzene rings is 9. The van der Waals surface area contributed by atoms with Crippen molar-refractivity contribution < 1.29 is 97.8 Å². The molecule has 30 nitrogen and oxygen atoms in total. The molecular formula is C84H81Cl6N9O21S3. The van der Waals surface area contributed by atoms with Crippen LogP contribution in [0.2, 0.25) is 30.1 Å². The maximum Gasteiger partial charge on any atom is 0.265 e. The molecule has 9 aromatic carbocycles. The molecule has 6 aliphatic heterocycles. The number of hydrogen-bond acceptors (Lipinski definition) is 21. The number of carbonyl (C=O) groups is 6. The highest BCUT2D eigenvalue weighted by Crippen LogP contribution is 2.58. The van der Waals surface area contributed by atoms with E-state index in [1.54, 1.807) is 36.4 Å². The summed E-state index contributed by atoms with van der Waals surface area (Å²) in [4.78, 5) is 83.2. The van der Waals surface area contributed by atoms with Gasteiger partial charge in [-0.25, -0.2) is 38.2 Å². The smallest absolute Gasteiger partial charge is 0.265 e. The summed E-state index contributed by atoms with van der Waals surface area (Å²) in [5, 5.41) is 38.8. The molecule has 123 heavy (non-hydrogen) atoms. The first-order chi connectivity index (χ1) is 58.4. The van der Waals surface area contributed by atoms with Crippen molar-refractivity contribution in [3.8, 4) is 34.5 Å². The number of likely N-dealkylation sites (tertiary alicyclic amines) is 3. The van der Waals surface area contributed by atoms with Crippen molar-refractivity contribution >= 4 is 152 Å². The van der Waals surface area contributed by atoms with E-state index in [0.717, 1.165) is 12.9 Å². The van der Waals surface area contributed by atoms with Gasteiger partial charge < -0.3 is 75.6 Å². The van der Waals surface area contributed by atoms with E-state index in [2.05, 4.69) is 0 Å². The standard InChI is InChI=1S/3C28H27Cl2N3O7S/c3*1-39-23-12-10-17(15-24(23)40-2)41(37,38)33-21-11-9-16(29)14-19(21)28(36,18-6-3-4-7-20(18)30)25(33)27(35)32-13-5-8-22(32)26(31)34/h3*3-4,6-7,9-12,14-15,22,25,36H,5,8,13H2,1-2H3,(H2,31,34)/t3*22-,25-,28+/m000/s1. The highest BCUT2D eigenvalue weighted by Gasteiger charge is 2.65. The summed E-state index contributed by atoms with van der Waals surface area (Å²) in [5.41, 5.74) is 10.4. The maximum absolute atomic E-state index is 14.5. The molecule has 15 rings (SSSR count). The van der Waals surface area contributed by atoms with Crippen LogP contribution in [0.15, 0.2) is 197 Å². The molecule has 3 saturated heterocycles. The quantitative estimate of drug-likeness (QED) is 0.0389. The van der Waals surface area contributed by atoms with Crippen LogP contribution in [0.1, 0.15) is 71.9 Å². The average Bonchev–Trinajstić information content (AvgIpc) is 1.55. The van der Waals surface area contributed by atoms with Crippen LogP contribution in [-0.2, 0) is 75.6 Å². The molecule has 9 N–H and O–H groups in total. The Labute approximate surface area is 738 Å². The van der Waals surface area contributed by atoms with E-state index in [-0.39, 0.29) is 132 Å². The van der Waals surface area contributed by atoms with Crippen LogP contribution in [0, 0.1) is 0 Å². The van der Waals surface area contributed by atoms with E-state index in [1.165, 1.54) is 203 Å². The molecule has 9 aromatic rings. The Bertz CT molecular complexity index is 5530. The molecule has 9 atom stereocenters. The number of anilines is 3. The number of aliphatic hydroxyl groups is 3. The normalized spacial score (nSPS) is 22.0. The van der Waals surface area contributed by atoms with Gasteiger partial charge in [-0.2, -0.15) is 0 Å². The van der Waals surface area contributed by atoms with Gasteiger partial charge in [0.1, 0.15) is 34.9 Å². The van der Waals surface area contributed by atoms with E-state index in [4.69, 9.17) is 115 Å². The fourth-order valence-corrected chi connectivity index (χ4v) is 23.3. The fourth-order valence-electron chi connectivity index (χ4n) is 16.9. The highest BCUT2D eigenvalue weighted by molar-refractivity contribution is 7.93. The Kier molecular flexibility index (Phi) is 25.8. The summed E-state index contributed by atoms with van der Waals surface area (Å²) in [6.07, 6.45) is 2.33. The summed E-state index contributed by atoms with van der Waals surface area (Å²) in [6, 6.07) is 35.3. The molecule has 6 heterocycles. The van der Waals surface area contributed by atoms with Gasteiger partial charge in [0, 0.05) is 101 Å². The molecule has 0 spiro atoms. The molecule has 0 saturated carbocycles. The van der Waals surface area contributed by atoms with Gasteiger partial charge >= 0.3 is 0 Å². The summed E-state index contributed by atoms with van der Waals surface area (Å²) in [7, 11) is -5.44. The second-order valence-corrected chi connectivity index (χ2v) is 37.1. The Morgan fingerprint density at radius 3 is 0.789 bits per heavy atom. The van der Waals surface area contributed by atoms with Gasteiger partial charge in [0.25, 0.3) is 47.8 Å². The summed E-state index contributed by atoms with van der Waals surface area (Å²) < 4.78 is 121. The zero-order valence-corrected chi connectivity index (χ0v) is 73.2. The van der Waals surface area contributed by atoms with Crippen molar-refractivity contribution in [3.05, 3.63) is 246 Å². The van der Waals surface area contributed by atoms with Crippen molar-refractivity contribution in [1.29, 1.82) is 0 Å². The molecular weight excluding hydrogens is 1780 g/mol. The first-order valence-corrected chi connectivity index (χ1v) is 44.4. The van der Waals surface area contributed by atoms with Crippen molar-refractivity contribution in [2.75, 3.05) is 75.2 Å². The monoisotopic (exact) mass is 1860 g/mol. The average molecular weight is 1860 g/mol. The maximum atomic E-state index is 14.5. The number of rotatable bonds is 21. The van der Waals surface area contributed by atoms with E-state index < -0.39 is 119 Å². The number of ether oxygens (including phenoxy) is 6. The van der Waals surface area contributed by atoms with Gasteiger partial charge in [0.2, 0.25) is 17.7 Å². The first kappa shape index (κ1) is 90.2. The van der Waals surface area contributed by atoms with E-state index in [1.807, 2.05) is 0 Å². The Morgan fingerprint density at radius 1 is 0.333 bits per heavy atom. The van der Waals surface area contributed by atoms with Crippen LogP contribution < -0.4 is 58.5 Å². The number of nitrogens with zero attached hydrogens (tertiary/aromatic N) is 6. The minimum Gasteiger partial charge on any atom is -0.493 e. The van der Waals surface area contributed by atoms with Gasteiger partial charge in [-0.05, 0) is 148 Å². The number of amides is 6. The number of sulfonamides is 3. The molecule has 0 aliphatic carbocycles. The van der Waals surface area contributed by atoms with E-state index in [9.17, 15) is 69.3 Å². The van der Waals surface area contributed by atoms with Crippen LogP contribution in [0.4, 0.5) is 17.1 Å². The molecule has 648 valence electrons. The molecule has 6 aliphatic rings. The SMILES string of the molecule is COc1ccc(S(=O)(=O)N2c3ccc(Cl)cc3[C@](O)(c3ccccc3Cl)[C@@H]2C(=O)N2CCC[C@H]2C(N)=O)cc1OC.COc1ccc(S(=O)(=O)N2c3ccc(Cl)cc3[C@](O)(c3ccccc3Cl)[C@@H]2C(=O)N2CCC[C@H]2C(N)=O)cc1OC.COc1ccc(S(=O)(=O)N2c3ccc(Cl)cc3[C@](O)(c3ccccc3Cl)[C@@H]2C(=O)N2CCC[C@H]2C(N)=O)cc1OC.